The summed E-state index contributed by atoms with van der Waals surface area (Å²) in [4.78, 5) is 45.4. The van der Waals surface area contributed by atoms with Crippen LogP contribution in [0.25, 0.3) is 0 Å². The molecule has 0 fully saturated rings. The van der Waals surface area contributed by atoms with E-state index in [9.17, 15) is 24.3 Å². The molecule has 1 aromatic rings. The highest BCUT2D eigenvalue weighted by Gasteiger charge is 2.37. The number of hydrogen-bond donors (Lipinski definition) is 2. The number of carbonyl (C=O) groups is 4. The van der Waals surface area contributed by atoms with E-state index in [2.05, 4.69) is 4.74 Å². The first-order valence-corrected chi connectivity index (χ1v) is 8.23. The lowest BCUT2D eigenvalue weighted by molar-refractivity contribution is -0.144. The van der Waals surface area contributed by atoms with E-state index >= 15 is 0 Å². The van der Waals surface area contributed by atoms with Crippen LogP contribution in [-0.4, -0.2) is 47.9 Å². The van der Waals surface area contributed by atoms with Gasteiger partial charge in [0.05, 0.1) is 7.11 Å². The molecule has 1 rings (SSSR count). The largest absolute Gasteiger partial charge is 0.508 e. The molecule has 1 aromatic carbocycles. The van der Waals surface area contributed by atoms with Crippen LogP contribution in [0.15, 0.2) is 18.2 Å². The van der Waals surface area contributed by atoms with Crippen molar-refractivity contribution in [3.05, 3.63) is 23.8 Å². The molecule has 10 nitrogen and oxygen atoms in total. The molecule has 3 N–H and O–H groups in total. The van der Waals surface area contributed by atoms with Crippen LogP contribution < -0.4 is 15.2 Å². The Labute approximate surface area is 161 Å². The van der Waals surface area contributed by atoms with Crippen molar-refractivity contribution in [2.24, 2.45) is 5.73 Å². The van der Waals surface area contributed by atoms with Crippen molar-refractivity contribution < 1.29 is 43.2 Å². The van der Waals surface area contributed by atoms with Crippen LogP contribution in [0.3, 0.4) is 0 Å². The summed E-state index contributed by atoms with van der Waals surface area (Å²) in [6.45, 7) is 3.83. The number of carboxylic acids is 1. The average Bonchev–Trinajstić information content (AvgIpc) is 2.55. The van der Waals surface area contributed by atoms with Gasteiger partial charge >= 0.3 is 24.1 Å². The van der Waals surface area contributed by atoms with Crippen molar-refractivity contribution in [2.45, 2.75) is 45.3 Å². The Kier molecular flexibility index (Phi) is 7.93. The lowest BCUT2D eigenvalue weighted by Crippen LogP contribution is -2.52. The van der Waals surface area contributed by atoms with E-state index in [-0.39, 0.29) is 24.3 Å². The zero-order valence-corrected chi connectivity index (χ0v) is 16.0. The van der Waals surface area contributed by atoms with E-state index in [0.29, 0.717) is 5.56 Å². The molecule has 0 aliphatic heterocycles. The van der Waals surface area contributed by atoms with Gasteiger partial charge in [-0.15, -0.1) is 0 Å². The summed E-state index contributed by atoms with van der Waals surface area (Å²) in [5.41, 5.74) is 4.65. The number of nitrogens with two attached hydrogens (primary N) is 1. The highest BCUT2D eigenvalue weighted by molar-refractivity contribution is 5.79. The van der Waals surface area contributed by atoms with Gasteiger partial charge < -0.3 is 29.8 Å². The van der Waals surface area contributed by atoms with Crippen molar-refractivity contribution in [2.75, 3.05) is 7.11 Å². The van der Waals surface area contributed by atoms with Crippen LogP contribution in [0.4, 0.5) is 4.79 Å². The number of ether oxygens (including phenoxy) is 4. The molecular formula is C18H23NO9. The van der Waals surface area contributed by atoms with E-state index in [1.807, 2.05) is 0 Å². The van der Waals surface area contributed by atoms with Crippen molar-refractivity contribution in [3.8, 4) is 11.5 Å². The SMILES string of the molecule is COC(=O)O[C@@H](C)CC(N)(Cc1ccc(OC(C)=O)c(OC(C)=O)c1)C(=O)O. The molecule has 28 heavy (non-hydrogen) atoms. The number of carboxylic acid groups (broad SMARTS) is 1. The Morgan fingerprint density at radius 3 is 2.18 bits per heavy atom. The highest BCUT2D eigenvalue weighted by Crippen LogP contribution is 2.31. The Morgan fingerprint density at radius 2 is 1.68 bits per heavy atom. The van der Waals surface area contributed by atoms with Crippen LogP contribution in [-0.2, 0) is 30.3 Å². The minimum atomic E-state index is -1.79. The van der Waals surface area contributed by atoms with Gasteiger partial charge in [0, 0.05) is 26.7 Å². The second-order valence-corrected chi connectivity index (χ2v) is 6.19. The zero-order valence-electron chi connectivity index (χ0n) is 16.0. The maximum absolute atomic E-state index is 11.7. The van der Waals surface area contributed by atoms with Crippen molar-refractivity contribution in [1.29, 1.82) is 0 Å². The molecule has 0 spiro atoms. The van der Waals surface area contributed by atoms with Gasteiger partial charge in [0.25, 0.3) is 0 Å². The van der Waals surface area contributed by atoms with Gasteiger partial charge in [-0.2, -0.15) is 0 Å². The predicted octanol–water partition coefficient (Wildman–Crippen LogP) is 1.42. The maximum atomic E-state index is 11.7. The van der Waals surface area contributed by atoms with E-state index in [0.717, 1.165) is 7.11 Å². The topological polar surface area (TPSA) is 151 Å². The molecule has 154 valence electrons. The Bertz CT molecular complexity index is 761. The monoisotopic (exact) mass is 397 g/mol. The van der Waals surface area contributed by atoms with Gasteiger partial charge in [0.2, 0.25) is 0 Å². The summed E-state index contributed by atoms with van der Waals surface area (Å²) >= 11 is 0. The fourth-order valence-corrected chi connectivity index (χ4v) is 2.50. The highest BCUT2D eigenvalue weighted by atomic mass is 16.7. The zero-order chi connectivity index (χ0) is 21.5. The summed E-state index contributed by atoms with van der Waals surface area (Å²) in [7, 11) is 1.13. The first kappa shape index (κ1) is 22.9. The lowest BCUT2D eigenvalue weighted by Gasteiger charge is -2.27. The Balaban J connectivity index is 3.11. The molecule has 0 aliphatic rings. The molecule has 0 saturated heterocycles. The predicted molar refractivity (Wildman–Crippen MR) is 94.9 cm³/mol. The number of aliphatic carboxylic acids is 1. The minimum absolute atomic E-state index is 0.00629. The first-order chi connectivity index (χ1) is 13.0. The molecule has 0 aliphatic carbocycles. The van der Waals surface area contributed by atoms with Gasteiger partial charge in [-0.05, 0) is 24.6 Å². The molecular weight excluding hydrogens is 374 g/mol. The molecule has 0 radical (unpaired) electrons. The first-order valence-electron chi connectivity index (χ1n) is 8.23. The van der Waals surface area contributed by atoms with Gasteiger partial charge in [-0.1, -0.05) is 6.07 Å². The molecule has 0 aromatic heterocycles. The molecule has 1 unspecified atom stereocenters. The maximum Gasteiger partial charge on any atom is 0.508 e. The lowest BCUT2D eigenvalue weighted by atomic mass is 9.86. The molecule has 0 bridgehead atoms. The van der Waals surface area contributed by atoms with Crippen LogP contribution in [0.2, 0.25) is 0 Å². The fourth-order valence-electron chi connectivity index (χ4n) is 2.50. The van der Waals surface area contributed by atoms with E-state index < -0.39 is 35.7 Å². The average molecular weight is 397 g/mol. The van der Waals surface area contributed by atoms with E-state index in [1.165, 1.54) is 39.0 Å². The van der Waals surface area contributed by atoms with Crippen molar-refractivity contribution >= 4 is 24.1 Å². The smallest absolute Gasteiger partial charge is 0.480 e. The third-order valence-corrected chi connectivity index (χ3v) is 3.58. The summed E-state index contributed by atoms with van der Waals surface area (Å²) < 4.78 is 19.2. The van der Waals surface area contributed by atoms with Crippen LogP contribution in [0, 0.1) is 0 Å². The van der Waals surface area contributed by atoms with Gasteiger partial charge in [0.15, 0.2) is 11.5 Å². The third kappa shape index (κ3) is 6.88. The molecule has 0 heterocycles. The number of esters is 2. The summed E-state index contributed by atoms with van der Waals surface area (Å²) in [5, 5.41) is 9.57. The van der Waals surface area contributed by atoms with Crippen LogP contribution in [0.1, 0.15) is 32.8 Å². The summed E-state index contributed by atoms with van der Waals surface area (Å²) in [6.07, 6.45) is -2.16. The molecule has 0 saturated carbocycles. The normalized spacial score (nSPS) is 13.6. The second kappa shape index (κ2) is 9.70. The number of rotatable bonds is 8. The van der Waals surface area contributed by atoms with E-state index in [4.69, 9.17) is 19.9 Å². The third-order valence-electron chi connectivity index (χ3n) is 3.58. The number of hydrogen-bond acceptors (Lipinski definition) is 9. The van der Waals surface area contributed by atoms with Gasteiger partial charge in [-0.25, -0.2) is 4.79 Å². The molecule has 2 atom stereocenters. The minimum Gasteiger partial charge on any atom is -0.480 e. The Hall–Kier alpha value is -3.14. The number of methoxy groups -OCH3 is 1. The van der Waals surface area contributed by atoms with Crippen LogP contribution in [0.5, 0.6) is 11.5 Å². The Morgan fingerprint density at radius 1 is 1.11 bits per heavy atom. The molecule has 0 amide bonds. The van der Waals surface area contributed by atoms with Crippen LogP contribution >= 0.6 is 0 Å². The quantitative estimate of drug-likeness (QED) is 0.486. The second-order valence-electron chi connectivity index (χ2n) is 6.19. The van der Waals surface area contributed by atoms with Gasteiger partial charge in [-0.3, -0.25) is 14.4 Å². The van der Waals surface area contributed by atoms with Gasteiger partial charge in [0.1, 0.15) is 11.6 Å². The standard InChI is InChI=1S/C18H23NO9/c1-10(26-17(24)25-4)8-18(19,16(22)23)9-13-5-6-14(27-11(2)20)15(7-13)28-12(3)21/h5-7,10H,8-9,19H2,1-4H3,(H,22,23)/t10-,18?/m0/s1. The van der Waals surface area contributed by atoms with Crippen molar-refractivity contribution in [1.82, 2.24) is 0 Å². The summed E-state index contributed by atoms with van der Waals surface area (Å²) in [6, 6.07) is 4.21. The number of benzene rings is 1. The fraction of sp³-hybridized carbons (Fsp3) is 0.444. The summed E-state index contributed by atoms with van der Waals surface area (Å²) in [5.74, 6) is -2.62. The molecule has 10 heteroatoms. The van der Waals surface area contributed by atoms with Crippen molar-refractivity contribution in [3.63, 3.8) is 0 Å². The van der Waals surface area contributed by atoms with E-state index in [1.54, 1.807) is 0 Å². The number of carbonyl (C=O) groups excluding carboxylic acids is 3.